The Morgan fingerprint density at radius 2 is 2.00 bits per heavy atom. The van der Waals surface area contributed by atoms with Crippen LogP contribution >= 0.6 is 23.4 Å². The Bertz CT molecular complexity index is 672. The molecule has 0 aliphatic carbocycles. The average Bonchev–Trinajstić information content (AvgIpc) is 3.16. The Morgan fingerprint density at radius 3 is 2.72 bits per heavy atom. The van der Waals surface area contributed by atoms with Crippen molar-refractivity contribution >= 4 is 29.3 Å². The zero-order valence-corrected chi connectivity index (χ0v) is 15.7. The van der Waals surface area contributed by atoms with Crippen molar-refractivity contribution < 1.29 is 9.21 Å². The monoisotopic (exact) mass is 378 g/mol. The van der Waals surface area contributed by atoms with E-state index in [-0.39, 0.29) is 11.9 Å². The summed E-state index contributed by atoms with van der Waals surface area (Å²) in [6, 6.07) is 11.6. The second-order valence-corrected chi connectivity index (χ2v) is 7.58. The van der Waals surface area contributed by atoms with E-state index in [9.17, 15) is 4.79 Å². The number of rotatable bonds is 7. The smallest absolute Gasteiger partial charge is 0.230 e. The summed E-state index contributed by atoms with van der Waals surface area (Å²) in [6.07, 6.45) is 5.38. The number of halogens is 1. The van der Waals surface area contributed by atoms with Crippen LogP contribution in [0.2, 0.25) is 5.02 Å². The summed E-state index contributed by atoms with van der Waals surface area (Å²) in [5, 5.41) is 3.74. The summed E-state index contributed by atoms with van der Waals surface area (Å²) in [5.41, 5.74) is 0. The van der Waals surface area contributed by atoms with Crippen molar-refractivity contribution in [3.8, 4) is 0 Å². The summed E-state index contributed by atoms with van der Waals surface area (Å²) in [6.45, 7) is 2.67. The van der Waals surface area contributed by atoms with Crippen LogP contribution in [-0.4, -0.2) is 36.2 Å². The molecule has 3 rings (SSSR count). The molecule has 1 unspecified atom stereocenters. The maximum Gasteiger partial charge on any atom is 0.230 e. The average molecular weight is 379 g/mol. The minimum Gasteiger partial charge on any atom is -0.468 e. The third-order valence-electron chi connectivity index (χ3n) is 4.39. The van der Waals surface area contributed by atoms with E-state index in [1.54, 1.807) is 6.26 Å². The molecule has 25 heavy (non-hydrogen) atoms. The highest BCUT2D eigenvalue weighted by atomic mass is 35.5. The fraction of sp³-hybridized carbons (Fsp3) is 0.421. The molecule has 1 saturated heterocycles. The fourth-order valence-electron chi connectivity index (χ4n) is 3.09. The molecule has 1 aromatic carbocycles. The lowest BCUT2D eigenvalue weighted by atomic mass is 10.1. The van der Waals surface area contributed by atoms with E-state index in [0.717, 1.165) is 23.7 Å². The lowest BCUT2D eigenvalue weighted by molar-refractivity contribution is -0.118. The first-order valence-corrected chi connectivity index (χ1v) is 10.0. The first kappa shape index (κ1) is 18.4. The van der Waals surface area contributed by atoms with Gasteiger partial charge in [-0.05, 0) is 50.2 Å². The van der Waals surface area contributed by atoms with Crippen LogP contribution in [0.1, 0.15) is 31.1 Å². The molecule has 1 amide bonds. The van der Waals surface area contributed by atoms with Gasteiger partial charge in [0, 0.05) is 11.4 Å². The number of hydrogen-bond acceptors (Lipinski definition) is 4. The Balaban J connectivity index is 1.53. The summed E-state index contributed by atoms with van der Waals surface area (Å²) >= 11 is 7.59. The van der Waals surface area contributed by atoms with Crippen LogP contribution in [0.25, 0.3) is 0 Å². The topological polar surface area (TPSA) is 45.5 Å². The van der Waals surface area contributed by atoms with Crippen molar-refractivity contribution in [3.63, 3.8) is 0 Å². The molecule has 0 radical (unpaired) electrons. The van der Waals surface area contributed by atoms with Gasteiger partial charge in [-0.2, -0.15) is 0 Å². The lowest BCUT2D eigenvalue weighted by Gasteiger charge is -2.33. The SMILES string of the molecule is O=C(CSc1ccccc1Cl)NCC(c1ccco1)N1CCCCC1. The highest BCUT2D eigenvalue weighted by Gasteiger charge is 2.24. The second-order valence-electron chi connectivity index (χ2n) is 6.15. The van der Waals surface area contributed by atoms with Crippen LogP contribution in [-0.2, 0) is 4.79 Å². The molecular formula is C19H23ClN2O2S. The number of furan rings is 1. The third kappa shape index (κ3) is 5.27. The van der Waals surface area contributed by atoms with Crippen LogP contribution in [0.4, 0.5) is 0 Å². The van der Waals surface area contributed by atoms with Crippen LogP contribution in [0, 0.1) is 0 Å². The van der Waals surface area contributed by atoms with Gasteiger partial charge in [-0.25, -0.2) is 0 Å². The van der Waals surface area contributed by atoms with E-state index in [0.29, 0.717) is 17.3 Å². The molecular weight excluding hydrogens is 356 g/mol. The molecule has 2 heterocycles. The zero-order valence-electron chi connectivity index (χ0n) is 14.1. The van der Waals surface area contributed by atoms with Crippen LogP contribution < -0.4 is 5.32 Å². The maximum absolute atomic E-state index is 12.3. The second kappa shape index (κ2) is 9.32. The van der Waals surface area contributed by atoms with E-state index in [2.05, 4.69) is 10.2 Å². The van der Waals surface area contributed by atoms with E-state index in [1.807, 2.05) is 36.4 Å². The number of benzene rings is 1. The standard InChI is InChI=1S/C19H23ClN2O2S/c20-15-7-2-3-9-18(15)25-14-19(23)21-13-16(17-8-6-12-24-17)22-10-4-1-5-11-22/h2-3,6-9,12,16H,1,4-5,10-11,13-14H2,(H,21,23). The molecule has 134 valence electrons. The van der Waals surface area contributed by atoms with Gasteiger partial charge in [0.15, 0.2) is 0 Å². The van der Waals surface area contributed by atoms with Gasteiger partial charge in [0.2, 0.25) is 5.91 Å². The first-order valence-electron chi connectivity index (χ1n) is 8.65. The van der Waals surface area contributed by atoms with Gasteiger partial charge in [-0.1, -0.05) is 30.2 Å². The summed E-state index contributed by atoms with van der Waals surface area (Å²) in [7, 11) is 0. The third-order valence-corrected chi connectivity index (χ3v) is 5.91. The van der Waals surface area contributed by atoms with Crippen molar-refractivity contribution in [2.24, 2.45) is 0 Å². The van der Waals surface area contributed by atoms with Gasteiger partial charge >= 0.3 is 0 Å². The summed E-state index contributed by atoms with van der Waals surface area (Å²) in [5.74, 6) is 1.29. The Morgan fingerprint density at radius 1 is 1.20 bits per heavy atom. The van der Waals surface area contributed by atoms with Gasteiger partial charge in [0.1, 0.15) is 5.76 Å². The van der Waals surface area contributed by atoms with Crippen LogP contribution in [0.3, 0.4) is 0 Å². The molecule has 0 bridgehead atoms. The quantitative estimate of drug-likeness (QED) is 0.727. The minimum absolute atomic E-state index is 0.0125. The van der Waals surface area contributed by atoms with Gasteiger partial charge < -0.3 is 9.73 Å². The number of thioether (sulfide) groups is 1. The zero-order chi connectivity index (χ0) is 17.5. The molecule has 1 aliphatic rings. The Hall–Kier alpha value is -1.43. The number of nitrogens with zero attached hydrogens (tertiary/aromatic N) is 1. The van der Waals surface area contributed by atoms with E-state index < -0.39 is 0 Å². The number of hydrogen-bond donors (Lipinski definition) is 1. The predicted molar refractivity (Wildman–Crippen MR) is 102 cm³/mol. The van der Waals surface area contributed by atoms with Crippen molar-refractivity contribution in [2.45, 2.75) is 30.2 Å². The number of carbonyl (C=O) groups is 1. The lowest BCUT2D eigenvalue weighted by Crippen LogP contribution is -2.40. The number of likely N-dealkylation sites (tertiary alicyclic amines) is 1. The van der Waals surface area contributed by atoms with Gasteiger partial charge in [-0.3, -0.25) is 9.69 Å². The minimum atomic E-state index is 0.0125. The molecule has 4 nitrogen and oxygen atoms in total. The maximum atomic E-state index is 12.3. The van der Waals surface area contributed by atoms with Crippen molar-refractivity contribution in [1.82, 2.24) is 10.2 Å². The summed E-state index contributed by atoms with van der Waals surface area (Å²) < 4.78 is 5.61. The van der Waals surface area contributed by atoms with Crippen LogP contribution in [0.15, 0.2) is 52.0 Å². The van der Waals surface area contributed by atoms with Crippen molar-refractivity contribution in [3.05, 3.63) is 53.4 Å². The highest BCUT2D eigenvalue weighted by molar-refractivity contribution is 8.00. The van der Waals surface area contributed by atoms with E-state index in [1.165, 1.54) is 31.0 Å². The molecule has 1 aliphatic heterocycles. The van der Waals surface area contributed by atoms with E-state index >= 15 is 0 Å². The molecule has 1 atom stereocenters. The number of piperidine rings is 1. The van der Waals surface area contributed by atoms with Crippen LogP contribution in [0.5, 0.6) is 0 Å². The number of carbonyl (C=O) groups excluding carboxylic acids is 1. The Kier molecular flexibility index (Phi) is 6.84. The number of amides is 1. The fourth-order valence-corrected chi connectivity index (χ4v) is 4.16. The normalized spacial score (nSPS) is 16.5. The molecule has 1 aromatic heterocycles. The molecule has 1 N–H and O–H groups in total. The Labute approximate surface area is 157 Å². The predicted octanol–water partition coefficient (Wildman–Crippen LogP) is 4.37. The largest absolute Gasteiger partial charge is 0.468 e. The van der Waals surface area contributed by atoms with Crippen molar-refractivity contribution in [1.29, 1.82) is 0 Å². The molecule has 2 aromatic rings. The first-order chi connectivity index (χ1) is 12.2. The van der Waals surface area contributed by atoms with Gasteiger partial charge in [0.25, 0.3) is 0 Å². The van der Waals surface area contributed by atoms with Gasteiger partial charge in [0.05, 0.1) is 23.1 Å². The van der Waals surface area contributed by atoms with Gasteiger partial charge in [-0.15, -0.1) is 11.8 Å². The number of nitrogens with one attached hydrogen (secondary N) is 1. The summed E-state index contributed by atoms with van der Waals surface area (Å²) in [4.78, 5) is 15.6. The molecule has 0 spiro atoms. The molecule has 0 saturated carbocycles. The molecule has 1 fully saturated rings. The van der Waals surface area contributed by atoms with E-state index in [4.69, 9.17) is 16.0 Å². The van der Waals surface area contributed by atoms with Crippen molar-refractivity contribution in [2.75, 3.05) is 25.4 Å². The molecule has 6 heteroatoms. The highest BCUT2D eigenvalue weighted by Crippen LogP contribution is 2.27.